The van der Waals surface area contributed by atoms with E-state index in [1.165, 1.54) is 0 Å². The van der Waals surface area contributed by atoms with Crippen molar-refractivity contribution in [2.75, 3.05) is 11.4 Å². The maximum atomic E-state index is 12.4. The summed E-state index contributed by atoms with van der Waals surface area (Å²) in [5.74, 6) is 0.344. The maximum absolute atomic E-state index is 12.4. The molecule has 1 saturated carbocycles. The van der Waals surface area contributed by atoms with E-state index in [4.69, 9.17) is 11.6 Å². The molecule has 2 aromatic carbocycles. The topological polar surface area (TPSA) is 49.4 Å². The number of nitrogens with zero attached hydrogens (tertiary/aromatic N) is 1. The monoisotopic (exact) mass is 354 g/mol. The maximum Gasteiger partial charge on any atom is 0.251 e. The summed E-state index contributed by atoms with van der Waals surface area (Å²) in [4.78, 5) is 26.6. The molecule has 2 aromatic rings. The molecule has 5 heteroatoms. The third kappa shape index (κ3) is 3.40. The molecule has 0 unspecified atom stereocenters. The second-order valence-corrected chi connectivity index (χ2v) is 7.10. The van der Waals surface area contributed by atoms with Gasteiger partial charge in [0.25, 0.3) is 5.91 Å². The van der Waals surface area contributed by atoms with Gasteiger partial charge in [0.15, 0.2) is 0 Å². The zero-order chi connectivity index (χ0) is 17.4. The van der Waals surface area contributed by atoms with Crippen LogP contribution in [0.25, 0.3) is 0 Å². The summed E-state index contributed by atoms with van der Waals surface area (Å²) < 4.78 is 0. The number of fused-ring (bicyclic) bond motifs is 1. The van der Waals surface area contributed by atoms with Crippen LogP contribution < -0.4 is 10.2 Å². The van der Waals surface area contributed by atoms with Crippen molar-refractivity contribution in [3.63, 3.8) is 0 Å². The van der Waals surface area contributed by atoms with E-state index in [9.17, 15) is 9.59 Å². The number of nitrogens with one attached hydrogen (secondary N) is 1. The number of rotatable bonds is 4. The van der Waals surface area contributed by atoms with Gasteiger partial charge in [0.2, 0.25) is 5.91 Å². The van der Waals surface area contributed by atoms with Gasteiger partial charge in [-0.1, -0.05) is 23.7 Å². The fourth-order valence-corrected chi connectivity index (χ4v) is 3.34. The lowest BCUT2D eigenvalue weighted by Gasteiger charge is -2.17. The van der Waals surface area contributed by atoms with Gasteiger partial charge in [0.1, 0.15) is 0 Å². The molecule has 128 valence electrons. The quantitative estimate of drug-likeness (QED) is 0.912. The highest BCUT2D eigenvalue weighted by molar-refractivity contribution is 6.30. The smallest absolute Gasteiger partial charge is 0.251 e. The highest BCUT2D eigenvalue weighted by Gasteiger charge is 2.36. The molecule has 0 bridgehead atoms. The number of amides is 2. The Balaban J connectivity index is 1.43. The van der Waals surface area contributed by atoms with E-state index in [2.05, 4.69) is 5.32 Å². The molecule has 0 spiro atoms. The van der Waals surface area contributed by atoms with Crippen LogP contribution in [-0.4, -0.2) is 18.4 Å². The Morgan fingerprint density at radius 3 is 2.60 bits per heavy atom. The molecule has 1 aliphatic carbocycles. The van der Waals surface area contributed by atoms with Crippen molar-refractivity contribution in [2.45, 2.75) is 25.8 Å². The van der Waals surface area contributed by atoms with E-state index in [0.29, 0.717) is 17.1 Å². The van der Waals surface area contributed by atoms with E-state index in [-0.39, 0.29) is 17.7 Å². The van der Waals surface area contributed by atoms with Crippen molar-refractivity contribution in [3.05, 3.63) is 64.2 Å². The third-order valence-electron chi connectivity index (χ3n) is 4.80. The lowest BCUT2D eigenvalue weighted by molar-refractivity contribution is -0.119. The number of anilines is 1. The van der Waals surface area contributed by atoms with Gasteiger partial charge in [-0.25, -0.2) is 0 Å². The second-order valence-electron chi connectivity index (χ2n) is 6.67. The standard InChI is InChI=1S/C20H19ClN2O2/c21-17-6-1-13(2-7-17)12-22-19(24)16-5-8-18-15(11-16)9-10-23(18)20(25)14-3-4-14/h1-2,5-8,11,14H,3-4,9-10,12H2,(H,22,24). The van der Waals surface area contributed by atoms with Gasteiger partial charge in [-0.2, -0.15) is 0 Å². The molecule has 1 aliphatic heterocycles. The largest absolute Gasteiger partial charge is 0.348 e. The highest BCUT2D eigenvalue weighted by atomic mass is 35.5. The van der Waals surface area contributed by atoms with Crippen molar-refractivity contribution in [2.24, 2.45) is 5.92 Å². The number of benzene rings is 2. The predicted octanol–water partition coefficient (Wildman–Crippen LogP) is 3.57. The van der Waals surface area contributed by atoms with Crippen molar-refractivity contribution in [1.82, 2.24) is 5.32 Å². The van der Waals surface area contributed by atoms with Crippen molar-refractivity contribution < 1.29 is 9.59 Å². The average molecular weight is 355 g/mol. The molecule has 2 amide bonds. The Bertz CT molecular complexity index is 828. The number of hydrogen-bond donors (Lipinski definition) is 1. The van der Waals surface area contributed by atoms with Gasteiger partial charge in [-0.15, -0.1) is 0 Å². The summed E-state index contributed by atoms with van der Waals surface area (Å²) in [6.45, 7) is 1.18. The van der Waals surface area contributed by atoms with Crippen LogP contribution in [0, 0.1) is 5.92 Å². The van der Waals surface area contributed by atoms with Crippen molar-refractivity contribution >= 4 is 29.1 Å². The summed E-state index contributed by atoms with van der Waals surface area (Å²) >= 11 is 5.87. The van der Waals surface area contributed by atoms with E-state index in [1.807, 2.05) is 41.3 Å². The number of hydrogen-bond acceptors (Lipinski definition) is 2. The van der Waals surface area contributed by atoms with E-state index >= 15 is 0 Å². The fourth-order valence-electron chi connectivity index (χ4n) is 3.21. The van der Waals surface area contributed by atoms with E-state index in [0.717, 1.165) is 42.6 Å². The fraction of sp³-hybridized carbons (Fsp3) is 0.300. The lowest BCUT2D eigenvalue weighted by Crippen LogP contribution is -2.30. The van der Waals surface area contributed by atoms with Crippen LogP contribution in [-0.2, 0) is 17.8 Å². The summed E-state index contributed by atoms with van der Waals surface area (Å²) in [5, 5.41) is 3.61. The van der Waals surface area contributed by atoms with Gasteiger partial charge in [0.05, 0.1) is 0 Å². The van der Waals surface area contributed by atoms with Gasteiger partial charge in [-0.3, -0.25) is 9.59 Å². The predicted molar refractivity (Wildman–Crippen MR) is 97.8 cm³/mol. The Labute approximate surface area is 151 Å². The zero-order valence-corrected chi connectivity index (χ0v) is 14.6. The molecule has 0 saturated heterocycles. The molecule has 0 atom stereocenters. The number of carbonyl (C=O) groups excluding carboxylic acids is 2. The van der Waals surface area contributed by atoms with Gasteiger partial charge in [-0.05, 0) is 60.7 Å². The summed E-state index contributed by atoms with van der Waals surface area (Å²) in [5.41, 5.74) is 3.67. The summed E-state index contributed by atoms with van der Waals surface area (Å²) in [6.07, 6.45) is 2.83. The van der Waals surface area contributed by atoms with Crippen molar-refractivity contribution in [1.29, 1.82) is 0 Å². The third-order valence-corrected chi connectivity index (χ3v) is 5.05. The highest BCUT2D eigenvalue weighted by Crippen LogP contribution is 2.36. The first-order valence-electron chi connectivity index (χ1n) is 8.59. The molecule has 0 aromatic heterocycles. The molecular formula is C20H19ClN2O2. The summed E-state index contributed by atoms with van der Waals surface area (Å²) in [7, 11) is 0. The van der Waals surface area contributed by atoms with Crippen LogP contribution in [0.5, 0.6) is 0 Å². The zero-order valence-electron chi connectivity index (χ0n) is 13.8. The molecule has 2 aliphatic rings. The van der Waals surface area contributed by atoms with Crippen LogP contribution in [0.15, 0.2) is 42.5 Å². The van der Waals surface area contributed by atoms with Crippen LogP contribution in [0.1, 0.15) is 34.3 Å². The average Bonchev–Trinajstić information content (AvgIpc) is 3.39. The van der Waals surface area contributed by atoms with Crippen LogP contribution in [0.3, 0.4) is 0 Å². The van der Waals surface area contributed by atoms with Crippen molar-refractivity contribution in [3.8, 4) is 0 Å². The molecule has 4 nitrogen and oxygen atoms in total. The Kier molecular flexibility index (Phi) is 4.22. The minimum absolute atomic E-state index is 0.107. The van der Waals surface area contributed by atoms with Crippen LogP contribution >= 0.6 is 11.6 Å². The van der Waals surface area contributed by atoms with Crippen LogP contribution in [0.2, 0.25) is 5.02 Å². The van der Waals surface area contributed by atoms with E-state index < -0.39 is 0 Å². The second kappa shape index (κ2) is 6.52. The molecule has 0 radical (unpaired) electrons. The minimum atomic E-state index is -0.107. The van der Waals surface area contributed by atoms with Gasteiger partial charge in [0, 0.05) is 35.3 Å². The molecule has 4 rings (SSSR count). The first-order valence-corrected chi connectivity index (χ1v) is 8.96. The molecule has 25 heavy (non-hydrogen) atoms. The molecule has 1 N–H and O–H groups in total. The Morgan fingerprint density at radius 1 is 1.12 bits per heavy atom. The first kappa shape index (κ1) is 16.2. The molecule has 1 fully saturated rings. The summed E-state index contributed by atoms with van der Waals surface area (Å²) in [6, 6.07) is 13.0. The SMILES string of the molecule is O=C(NCc1ccc(Cl)cc1)c1ccc2c(c1)CCN2C(=O)C1CC1. The first-order chi connectivity index (χ1) is 12.1. The van der Waals surface area contributed by atoms with E-state index in [1.54, 1.807) is 6.07 Å². The Hall–Kier alpha value is -2.33. The normalized spacial score (nSPS) is 15.8. The molecule has 1 heterocycles. The van der Waals surface area contributed by atoms with Gasteiger partial charge >= 0.3 is 0 Å². The Morgan fingerprint density at radius 2 is 1.88 bits per heavy atom. The minimum Gasteiger partial charge on any atom is -0.348 e. The van der Waals surface area contributed by atoms with Crippen LogP contribution in [0.4, 0.5) is 5.69 Å². The van der Waals surface area contributed by atoms with Gasteiger partial charge < -0.3 is 10.2 Å². The number of halogens is 1. The number of carbonyl (C=O) groups is 2. The lowest BCUT2D eigenvalue weighted by atomic mass is 10.1. The molecular weight excluding hydrogens is 336 g/mol.